The molecule has 2 aromatic rings. The number of benzene rings is 1. The standard InChI is InChI=1S/C13H10BrF3N2O2/c14-11-6-9(1-2-12(11)21-13(15,16)17)20-10-3-4-19-8(5-10)7-18/h1-6H,7,18H2. The predicted molar refractivity (Wildman–Crippen MR) is 73.0 cm³/mol. The molecule has 2 N–H and O–H groups in total. The molecule has 0 bridgehead atoms. The van der Waals surface area contributed by atoms with Gasteiger partial charge in [-0.2, -0.15) is 0 Å². The Bertz CT molecular complexity index is 635. The molecule has 112 valence electrons. The quantitative estimate of drug-likeness (QED) is 0.893. The summed E-state index contributed by atoms with van der Waals surface area (Å²) in [5.74, 6) is 0.500. The van der Waals surface area contributed by atoms with Gasteiger partial charge in [-0.3, -0.25) is 4.98 Å². The molecule has 4 nitrogen and oxygen atoms in total. The maximum absolute atomic E-state index is 12.2. The van der Waals surface area contributed by atoms with Crippen LogP contribution in [0.3, 0.4) is 0 Å². The van der Waals surface area contributed by atoms with E-state index in [1.54, 1.807) is 12.1 Å². The van der Waals surface area contributed by atoms with Crippen LogP contribution in [0, 0.1) is 0 Å². The average Bonchev–Trinajstić information content (AvgIpc) is 2.41. The van der Waals surface area contributed by atoms with Gasteiger partial charge < -0.3 is 15.2 Å². The van der Waals surface area contributed by atoms with Gasteiger partial charge >= 0.3 is 6.36 Å². The third kappa shape index (κ3) is 4.61. The Balaban J connectivity index is 2.16. The Kier molecular flexibility index (Phi) is 4.69. The summed E-state index contributed by atoms with van der Waals surface area (Å²) in [6, 6.07) is 7.18. The number of nitrogens with zero attached hydrogens (tertiary/aromatic N) is 1. The molecule has 0 unspecified atom stereocenters. The van der Waals surface area contributed by atoms with E-state index in [4.69, 9.17) is 10.5 Å². The first-order valence-corrected chi connectivity index (χ1v) is 6.55. The van der Waals surface area contributed by atoms with Crippen molar-refractivity contribution in [1.29, 1.82) is 0 Å². The molecule has 0 atom stereocenters. The second-order valence-electron chi connectivity index (χ2n) is 3.93. The number of halogens is 4. The highest BCUT2D eigenvalue weighted by molar-refractivity contribution is 9.10. The summed E-state index contributed by atoms with van der Waals surface area (Å²) in [5.41, 5.74) is 6.11. The van der Waals surface area contributed by atoms with Crippen LogP contribution in [-0.2, 0) is 6.54 Å². The molecule has 1 aromatic heterocycles. The summed E-state index contributed by atoms with van der Waals surface area (Å²) in [6.45, 7) is 0.263. The number of ether oxygens (including phenoxy) is 2. The van der Waals surface area contributed by atoms with Crippen molar-refractivity contribution < 1.29 is 22.6 Å². The van der Waals surface area contributed by atoms with Crippen molar-refractivity contribution in [2.45, 2.75) is 12.9 Å². The Morgan fingerprint density at radius 3 is 2.48 bits per heavy atom. The van der Waals surface area contributed by atoms with Crippen molar-refractivity contribution in [2.24, 2.45) is 5.73 Å². The fraction of sp³-hybridized carbons (Fsp3) is 0.154. The van der Waals surface area contributed by atoms with E-state index in [1.807, 2.05) is 0 Å². The Morgan fingerprint density at radius 1 is 1.14 bits per heavy atom. The van der Waals surface area contributed by atoms with Crippen molar-refractivity contribution >= 4 is 15.9 Å². The first kappa shape index (κ1) is 15.6. The van der Waals surface area contributed by atoms with Gasteiger partial charge in [0.2, 0.25) is 0 Å². The lowest BCUT2D eigenvalue weighted by atomic mass is 10.3. The molecular formula is C13H10BrF3N2O2. The van der Waals surface area contributed by atoms with E-state index in [0.717, 1.165) is 6.07 Å². The number of hydrogen-bond acceptors (Lipinski definition) is 4. The van der Waals surface area contributed by atoms with E-state index in [1.165, 1.54) is 18.3 Å². The third-order valence-electron chi connectivity index (χ3n) is 2.36. The van der Waals surface area contributed by atoms with Crippen molar-refractivity contribution in [3.05, 3.63) is 46.7 Å². The molecule has 21 heavy (non-hydrogen) atoms. The average molecular weight is 363 g/mol. The fourth-order valence-corrected chi connectivity index (χ4v) is 1.96. The lowest BCUT2D eigenvalue weighted by molar-refractivity contribution is -0.274. The third-order valence-corrected chi connectivity index (χ3v) is 2.98. The number of nitrogens with two attached hydrogens (primary N) is 1. The van der Waals surface area contributed by atoms with Gasteiger partial charge in [-0.1, -0.05) is 0 Å². The molecule has 8 heteroatoms. The second-order valence-corrected chi connectivity index (χ2v) is 4.78. The first-order valence-electron chi connectivity index (χ1n) is 5.75. The highest BCUT2D eigenvalue weighted by atomic mass is 79.9. The van der Waals surface area contributed by atoms with Crippen LogP contribution in [-0.4, -0.2) is 11.3 Å². The topological polar surface area (TPSA) is 57.4 Å². The minimum Gasteiger partial charge on any atom is -0.457 e. The molecule has 0 aliphatic rings. The molecule has 0 amide bonds. The van der Waals surface area contributed by atoms with E-state index in [2.05, 4.69) is 25.7 Å². The predicted octanol–water partition coefficient (Wildman–Crippen LogP) is 3.99. The lowest BCUT2D eigenvalue weighted by Gasteiger charge is -2.12. The summed E-state index contributed by atoms with van der Waals surface area (Å²) < 4.78 is 46.0. The zero-order valence-corrected chi connectivity index (χ0v) is 12.1. The minimum atomic E-state index is -4.74. The largest absolute Gasteiger partial charge is 0.573 e. The van der Waals surface area contributed by atoms with Crippen LogP contribution < -0.4 is 15.2 Å². The summed E-state index contributed by atoms with van der Waals surface area (Å²) >= 11 is 3.00. The van der Waals surface area contributed by atoms with E-state index in [9.17, 15) is 13.2 Å². The molecule has 0 saturated carbocycles. The SMILES string of the molecule is NCc1cc(Oc2ccc(OC(F)(F)F)c(Br)c2)ccn1. The molecule has 0 saturated heterocycles. The number of pyridine rings is 1. The van der Waals surface area contributed by atoms with E-state index < -0.39 is 6.36 Å². The number of alkyl halides is 3. The monoisotopic (exact) mass is 362 g/mol. The minimum absolute atomic E-state index is 0.130. The van der Waals surface area contributed by atoms with Gasteiger partial charge in [0, 0.05) is 18.8 Å². The summed E-state index contributed by atoms with van der Waals surface area (Å²) in [6.07, 6.45) is -3.21. The van der Waals surface area contributed by atoms with Gasteiger partial charge in [-0.15, -0.1) is 13.2 Å². The summed E-state index contributed by atoms with van der Waals surface area (Å²) in [7, 11) is 0. The molecule has 0 aliphatic carbocycles. The Morgan fingerprint density at radius 2 is 1.86 bits per heavy atom. The van der Waals surface area contributed by atoms with Crippen molar-refractivity contribution in [2.75, 3.05) is 0 Å². The zero-order chi connectivity index (χ0) is 15.5. The number of hydrogen-bond donors (Lipinski definition) is 1. The fourth-order valence-electron chi connectivity index (χ4n) is 1.52. The molecule has 1 heterocycles. The van der Waals surface area contributed by atoms with Gasteiger partial charge in [-0.25, -0.2) is 0 Å². The van der Waals surface area contributed by atoms with Gasteiger partial charge in [0.25, 0.3) is 0 Å². The number of aromatic nitrogens is 1. The van der Waals surface area contributed by atoms with Crippen molar-refractivity contribution in [1.82, 2.24) is 4.98 Å². The van der Waals surface area contributed by atoms with Crippen LogP contribution >= 0.6 is 15.9 Å². The second kappa shape index (κ2) is 6.31. The molecule has 0 aliphatic heterocycles. The van der Waals surface area contributed by atoms with Crippen LogP contribution in [0.5, 0.6) is 17.2 Å². The van der Waals surface area contributed by atoms with Gasteiger partial charge in [0.05, 0.1) is 10.2 Å². The zero-order valence-electron chi connectivity index (χ0n) is 10.5. The van der Waals surface area contributed by atoms with E-state index >= 15 is 0 Å². The normalized spacial score (nSPS) is 11.3. The molecule has 0 radical (unpaired) electrons. The Hall–Kier alpha value is -1.80. The Labute approximate surface area is 126 Å². The van der Waals surface area contributed by atoms with Crippen LogP contribution in [0.2, 0.25) is 0 Å². The van der Waals surface area contributed by atoms with Gasteiger partial charge in [-0.05, 0) is 40.2 Å². The van der Waals surface area contributed by atoms with Crippen LogP contribution in [0.1, 0.15) is 5.69 Å². The molecule has 0 fully saturated rings. The van der Waals surface area contributed by atoms with Crippen LogP contribution in [0.15, 0.2) is 41.0 Å². The molecule has 2 rings (SSSR count). The molecular weight excluding hydrogens is 353 g/mol. The first-order chi connectivity index (χ1) is 9.87. The molecule has 1 aromatic carbocycles. The summed E-state index contributed by atoms with van der Waals surface area (Å²) in [5, 5.41) is 0. The summed E-state index contributed by atoms with van der Waals surface area (Å²) in [4.78, 5) is 4.01. The highest BCUT2D eigenvalue weighted by Gasteiger charge is 2.32. The van der Waals surface area contributed by atoms with Crippen LogP contribution in [0.4, 0.5) is 13.2 Å². The maximum Gasteiger partial charge on any atom is 0.573 e. The van der Waals surface area contributed by atoms with Crippen molar-refractivity contribution in [3.8, 4) is 17.2 Å². The van der Waals surface area contributed by atoms with E-state index in [-0.39, 0.29) is 16.8 Å². The maximum atomic E-state index is 12.2. The van der Waals surface area contributed by atoms with Gasteiger partial charge in [0.1, 0.15) is 17.2 Å². The van der Waals surface area contributed by atoms with E-state index in [0.29, 0.717) is 17.2 Å². The lowest BCUT2D eigenvalue weighted by Crippen LogP contribution is -2.17. The molecule has 0 spiro atoms. The van der Waals surface area contributed by atoms with Gasteiger partial charge in [0.15, 0.2) is 0 Å². The van der Waals surface area contributed by atoms with Crippen molar-refractivity contribution in [3.63, 3.8) is 0 Å². The van der Waals surface area contributed by atoms with Crippen LogP contribution in [0.25, 0.3) is 0 Å². The highest BCUT2D eigenvalue weighted by Crippen LogP contribution is 2.34. The smallest absolute Gasteiger partial charge is 0.457 e. The number of rotatable bonds is 4.